The Hall–Kier alpha value is -2.90. The van der Waals surface area contributed by atoms with Crippen LogP contribution in [0.3, 0.4) is 0 Å². The number of rotatable bonds is 6. The second-order valence-electron chi connectivity index (χ2n) is 7.88. The summed E-state index contributed by atoms with van der Waals surface area (Å²) in [7, 11) is 0. The second kappa shape index (κ2) is 9.49. The van der Waals surface area contributed by atoms with Gasteiger partial charge in [0.05, 0.1) is 17.0 Å². The molecule has 0 bridgehead atoms. The van der Waals surface area contributed by atoms with E-state index in [-0.39, 0.29) is 17.2 Å². The Morgan fingerprint density at radius 2 is 1.97 bits per heavy atom. The maximum absolute atomic E-state index is 12.7. The lowest BCUT2D eigenvalue weighted by Gasteiger charge is -2.27. The number of aromatic amines is 1. The number of hydrogen-bond acceptors (Lipinski definition) is 5. The van der Waals surface area contributed by atoms with E-state index in [9.17, 15) is 9.59 Å². The third-order valence-electron chi connectivity index (χ3n) is 5.51. The molecular weight excluding hydrogens is 408 g/mol. The molecule has 0 saturated heterocycles. The van der Waals surface area contributed by atoms with Crippen molar-refractivity contribution in [3.8, 4) is 0 Å². The van der Waals surface area contributed by atoms with Gasteiger partial charge >= 0.3 is 0 Å². The van der Waals surface area contributed by atoms with Gasteiger partial charge in [0.1, 0.15) is 0 Å². The maximum Gasteiger partial charge on any atom is 0.256 e. The van der Waals surface area contributed by atoms with Crippen LogP contribution in [0.1, 0.15) is 27.9 Å². The van der Waals surface area contributed by atoms with E-state index in [2.05, 4.69) is 32.3 Å². The van der Waals surface area contributed by atoms with Gasteiger partial charge in [-0.1, -0.05) is 48.2 Å². The largest absolute Gasteiger partial charge is 0.325 e. The van der Waals surface area contributed by atoms with E-state index in [4.69, 9.17) is 0 Å². The van der Waals surface area contributed by atoms with E-state index in [0.29, 0.717) is 11.7 Å². The summed E-state index contributed by atoms with van der Waals surface area (Å²) in [5.74, 6) is 0.0667. The molecule has 0 atom stereocenters. The van der Waals surface area contributed by atoms with Crippen molar-refractivity contribution in [1.29, 1.82) is 0 Å². The average Bonchev–Trinajstić information content (AvgIpc) is 2.76. The summed E-state index contributed by atoms with van der Waals surface area (Å²) in [6, 6.07) is 16.1. The lowest BCUT2D eigenvalue weighted by molar-refractivity contribution is -0.113. The molecule has 2 N–H and O–H groups in total. The van der Waals surface area contributed by atoms with Crippen LogP contribution in [0, 0.1) is 13.8 Å². The average molecular weight is 435 g/mol. The Morgan fingerprint density at radius 3 is 2.74 bits per heavy atom. The smallest absolute Gasteiger partial charge is 0.256 e. The van der Waals surface area contributed by atoms with Gasteiger partial charge in [0.2, 0.25) is 5.91 Å². The lowest BCUT2D eigenvalue weighted by atomic mass is 10.1. The number of thioether (sulfide) groups is 1. The summed E-state index contributed by atoms with van der Waals surface area (Å²) >= 11 is 1.25. The van der Waals surface area contributed by atoms with Crippen molar-refractivity contribution in [3.05, 3.63) is 86.8 Å². The fourth-order valence-electron chi connectivity index (χ4n) is 3.65. The number of benzene rings is 2. The molecule has 160 valence electrons. The standard InChI is InChI=1S/C24H26N4O2S/c1-16-8-9-19(12-17(16)2)25-22(29)15-31-24-26-21-10-11-28(14-20(21)23(30)27-24)13-18-6-4-3-5-7-18/h3-9,12H,10-11,13-15H2,1-2H3,(H,25,29)(H,26,27,30). The Kier molecular flexibility index (Phi) is 6.53. The highest BCUT2D eigenvalue weighted by atomic mass is 32.2. The molecule has 7 heteroatoms. The minimum Gasteiger partial charge on any atom is -0.325 e. The number of nitrogens with zero attached hydrogens (tertiary/aromatic N) is 2. The lowest BCUT2D eigenvalue weighted by Crippen LogP contribution is -2.35. The minimum atomic E-state index is -0.123. The summed E-state index contributed by atoms with van der Waals surface area (Å²) < 4.78 is 0. The van der Waals surface area contributed by atoms with Crippen LogP contribution in [0.5, 0.6) is 0 Å². The molecule has 0 spiro atoms. The molecule has 0 aliphatic carbocycles. The van der Waals surface area contributed by atoms with Crippen molar-refractivity contribution in [2.24, 2.45) is 0 Å². The topological polar surface area (TPSA) is 78.1 Å². The first kappa shape index (κ1) is 21.3. The van der Waals surface area contributed by atoms with Crippen molar-refractivity contribution >= 4 is 23.4 Å². The van der Waals surface area contributed by atoms with Crippen LogP contribution < -0.4 is 10.9 Å². The molecule has 2 heterocycles. The van der Waals surface area contributed by atoms with Crippen LogP contribution in [0.15, 0.2) is 58.5 Å². The monoisotopic (exact) mass is 434 g/mol. The molecule has 0 saturated carbocycles. The number of anilines is 1. The Labute approximate surface area is 186 Å². The number of aromatic nitrogens is 2. The van der Waals surface area contributed by atoms with Gasteiger partial charge in [-0.2, -0.15) is 0 Å². The quantitative estimate of drug-likeness (QED) is 0.457. The van der Waals surface area contributed by atoms with Crippen LogP contribution in [0.2, 0.25) is 0 Å². The third-order valence-corrected chi connectivity index (χ3v) is 6.38. The van der Waals surface area contributed by atoms with Gasteiger partial charge in [0.25, 0.3) is 5.56 Å². The Balaban J connectivity index is 1.36. The van der Waals surface area contributed by atoms with Crippen molar-refractivity contribution in [3.63, 3.8) is 0 Å². The third kappa shape index (κ3) is 5.42. The minimum absolute atomic E-state index is 0.111. The van der Waals surface area contributed by atoms with E-state index in [1.54, 1.807) is 0 Å². The molecule has 1 aromatic heterocycles. The molecule has 6 nitrogen and oxygen atoms in total. The fourth-order valence-corrected chi connectivity index (χ4v) is 4.33. The highest BCUT2D eigenvalue weighted by Crippen LogP contribution is 2.20. The molecule has 0 radical (unpaired) electrons. The molecular formula is C24H26N4O2S. The predicted molar refractivity (Wildman–Crippen MR) is 124 cm³/mol. The van der Waals surface area contributed by atoms with Crippen LogP contribution >= 0.6 is 11.8 Å². The number of fused-ring (bicyclic) bond motifs is 1. The van der Waals surface area contributed by atoms with Gasteiger partial charge in [0, 0.05) is 31.7 Å². The molecule has 2 aromatic carbocycles. The number of hydrogen-bond donors (Lipinski definition) is 2. The van der Waals surface area contributed by atoms with E-state index in [1.807, 2.05) is 50.2 Å². The number of aryl methyl sites for hydroxylation is 2. The number of nitrogens with one attached hydrogen (secondary N) is 2. The van der Waals surface area contributed by atoms with Gasteiger partial charge in [-0.15, -0.1) is 0 Å². The second-order valence-corrected chi connectivity index (χ2v) is 8.84. The molecule has 0 fully saturated rings. The molecule has 1 aliphatic rings. The van der Waals surface area contributed by atoms with Gasteiger partial charge in [0.15, 0.2) is 5.16 Å². The first-order chi connectivity index (χ1) is 15.0. The van der Waals surface area contributed by atoms with E-state index in [0.717, 1.165) is 42.0 Å². The number of H-pyrrole nitrogens is 1. The molecule has 1 aliphatic heterocycles. The van der Waals surface area contributed by atoms with E-state index >= 15 is 0 Å². The van der Waals surface area contributed by atoms with E-state index < -0.39 is 0 Å². The SMILES string of the molecule is Cc1ccc(NC(=O)CSc2nc3c(c(=O)[nH]2)CN(Cc2ccccc2)CC3)cc1C. The van der Waals surface area contributed by atoms with Crippen molar-refractivity contribution in [2.45, 2.75) is 38.5 Å². The van der Waals surface area contributed by atoms with Crippen LogP contribution in [0.25, 0.3) is 0 Å². The zero-order valence-corrected chi connectivity index (χ0v) is 18.6. The normalized spacial score (nSPS) is 13.6. The first-order valence-corrected chi connectivity index (χ1v) is 11.3. The highest BCUT2D eigenvalue weighted by Gasteiger charge is 2.21. The van der Waals surface area contributed by atoms with Gasteiger partial charge < -0.3 is 10.3 Å². The summed E-state index contributed by atoms with van der Waals surface area (Å²) in [6.07, 6.45) is 0.731. The molecule has 4 rings (SSSR count). The Bertz CT molecular complexity index is 1140. The molecule has 3 aromatic rings. The van der Waals surface area contributed by atoms with Gasteiger partial charge in [-0.05, 0) is 42.7 Å². The number of carbonyl (C=O) groups excluding carboxylic acids is 1. The van der Waals surface area contributed by atoms with Crippen molar-refractivity contribution < 1.29 is 4.79 Å². The predicted octanol–water partition coefficient (Wildman–Crippen LogP) is 3.68. The van der Waals surface area contributed by atoms with Crippen molar-refractivity contribution in [1.82, 2.24) is 14.9 Å². The van der Waals surface area contributed by atoms with Crippen molar-refractivity contribution in [2.75, 3.05) is 17.6 Å². The molecule has 0 unspecified atom stereocenters. The zero-order chi connectivity index (χ0) is 21.8. The van der Waals surface area contributed by atoms with Gasteiger partial charge in [-0.3, -0.25) is 14.5 Å². The van der Waals surface area contributed by atoms with Crippen LogP contribution in [-0.2, 0) is 24.3 Å². The maximum atomic E-state index is 12.7. The van der Waals surface area contributed by atoms with Gasteiger partial charge in [-0.25, -0.2) is 4.98 Å². The van der Waals surface area contributed by atoms with Crippen LogP contribution in [0.4, 0.5) is 5.69 Å². The Morgan fingerprint density at radius 1 is 1.16 bits per heavy atom. The van der Waals surface area contributed by atoms with Crippen LogP contribution in [-0.4, -0.2) is 33.1 Å². The summed E-state index contributed by atoms with van der Waals surface area (Å²) in [5.41, 5.74) is 5.78. The number of amides is 1. The number of carbonyl (C=O) groups is 1. The molecule has 1 amide bonds. The fraction of sp³-hybridized carbons (Fsp3) is 0.292. The summed E-state index contributed by atoms with van der Waals surface area (Å²) in [6.45, 7) is 6.31. The highest BCUT2D eigenvalue weighted by molar-refractivity contribution is 7.99. The summed E-state index contributed by atoms with van der Waals surface area (Å²) in [4.78, 5) is 34.7. The van der Waals surface area contributed by atoms with E-state index in [1.165, 1.54) is 22.9 Å². The molecule has 31 heavy (non-hydrogen) atoms. The summed E-state index contributed by atoms with van der Waals surface area (Å²) in [5, 5.41) is 3.40. The zero-order valence-electron chi connectivity index (χ0n) is 17.8. The first-order valence-electron chi connectivity index (χ1n) is 10.4.